The predicted molar refractivity (Wildman–Crippen MR) is 69.1 cm³/mol. The third-order valence-electron chi connectivity index (χ3n) is 4.37. The molecule has 0 aliphatic carbocycles. The summed E-state index contributed by atoms with van der Waals surface area (Å²) in [7, 11) is 0. The second kappa shape index (κ2) is 6.72. The monoisotopic (exact) mass is 241 g/mol. The van der Waals surface area contributed by atoms with Crippen molar-refractivity contribution in [3.05, 3.63) is 0 Å². The van der Waals surface area contributed by atoms with Crippen molar-refractivity contribution in [2.24, 2.45) is 5.92 Å². The van der Waals surface area contributed by atoms with Gasteiger partial charge >= 0.3 is 0 Å². The molecule has 0 aromatic rings. The zero-order chi connectivity index (χ0) is 12.1. The molecule has 0 radical (unpaired) electrons. The minimum atomic E-state index is -0.149. The van der Waals surface area contributed by atoms with Crippen LogP contribution in [0.25, 0.3) is 0 Å². The van der Waals surface area contributed by atoms with Crippen LogP contribution in [-0.2, 0) is 4.74 Å². The molecule has 0 spiro atoms. The van der Waals surface area contributed by atoms with Gasteiger partial charge in [-0.1, -0.05) is 19.8 Å². The van der Waals surface area contributed by atoms with E-state index in [9.17, 15) is 5.11 Å². The Morgan fingerprint density at radius 2 is 2.12 bits per heavy atom. The maximum absolute atomic E-state index is 10.0. The van der Waals surface area contributed by atoms with Gasteiger partial charge in [-0.3, -0.25) is 4.90 Å². The van der Waals surface area contributed by atoms with E-state index >= 15 is 0 Å². The molecule has 3 unspecified atom stereocenters. The van der Waals surface area contributed by atoms with Crippen LogP contribution in [0.1, 0.15) is 45.4 Å². The van der Waals surface area contributed by atoms with Gasteiger partial charge in [0, 0.05) is 25.1 Å². The van der Waals surface area contributed by atoms with Crippen molar-refractivity contribution in [1.29, 1.82) is 0 Å². The first-order chi connectivity index (χ1) is 8.31. The lowest BCUT2D eigenvalue weighted by molar-refractivity contribution is -0.0505. The van der Waals surface area contributed by atoms with E-state index in [1.165, 1.54) is 38.6 Å². The predicted octanol–water partition coefficient (Wildman–Crippen LogP) is 2.04. The smallest absolute Gasteiger partial charge is 0.0624 e. The number of aliphatic hydroxyl groups is 1. The summed E-state index contributed by atoms with van der Waals surface area (Å²) in [6.45, 7) is 6.00. The second-order valence-electron chi connectivity index (χ2n) is 5.60. The summed E-state index contributed by atoms with van der Waals surface area (Å²) in [5.41, 5.74) is 0. The number of likely N-dealkylation sites (tertiary alicyclic amines) is 1. The molecule has 2 aliphatic heterocycles. The largest absolute Gasteiger partial charge is 0.393 e. The van der Waals surface area contributed by atoms with Crippen molar-refractivity contribution < 1.29 is 9.84 Å². The van der Waals surface area contributed by atoms with E-state index in [0.717, 1.165) is 32.2 Å². The Kier molecular flexibility index (Phi) is 5.26. The Labute approximate surface area is 105 Å². The van der Waals surface area contributed by atoms with E-state index in [1.54, 1.807) is 0 Å². The molecule has 1 N–H and O–H groups in total. The van der Waals surface area contributed by atoms with Crippen molar-refractivity contribution >= 4 is 0 Å². The topological polar surface area (TPSA) is 32.7 Å². The molecule has 100 valence electrons. The molecule has 0 amide bonds. The van der Waals surface area contributed by atoms with Crippen LogP contribution in [0.3, 0.4) is 0 Å². The normalized spacial score (nSPS) is 36.7. The van der Waals surface area contributed by atoms with E-state index in [0.29, 0.717) is 5.92 Å². The van der Waals surface area contributed by atoms with Crippen molar-refractivity contribution in [1.82, 2.24) is 4.90 Å². The van der Waals surface area contributed by atoms with Gasteiger partial charge in [0.05, 0.1) is 12.7 Å². The Hall–Kier alpha value is -0.120. The van der Waals surface area contributed by atoms with Gasteiger partial charge in [-0.25, -0.2) is 0 Å². The molecule has 2 rings (SSSR count). The van der Waals surface area contributed by atoms with Crippen molar-refractivity contribution in [3.8, 4) is 0 Å². The van der Waals surface area contributed by atoms with Gasteiger partial charge in [0.1, 0.15) is 0 Å². The summed E-state index contributed by atoms with van der Waals surface area (Å²) in [6.07, 6.45) is 7.30. The molecular formula is C14H27NO2. The Morgan fingerprint density at radius 3 is 2.88 bits per heavy atom. The van der Waals surface area contributed by atoms with E-state index in [2.05, 4.69) is 11.8 Å². The van der Waals surface area contributed by atoms with Gasteiger partial charge in [0.25, 0.3) is 0 Å². The first-order valence-corrected chi connectivity index (χ1v) is 7.31. The minimum absolute atomic E-state index is 0.149. The molecule has 3 nitrogen and oxygen atoms in total. The third-order valence-corrected chi connectivity index (χ3v) is 4.37. The van der Waals surface area contributed by atoms with Gasteiger partial charge in [0.15, 0.2) is 0 Å². The summed E-state index contributed by atoms with van der Waals surface area (Å²) in [4.78, 5) is 2.61. The zero-order valence-electron chi connectivity index (χ0n) is 11.1. The lowest BCUT2D eigenvalue weighted by Crippen LogP contribution is -2.44. The number of rotatable bonds is 3. The van der Waals surface area contributed by atoms with Gasteiger partial charge in [-0.2, -0.15) is 0 Å². The van der Waals surface area contributed by atoms with Crippen LogP contribution >= 0.6 is 0 Å². The highest BCUT2D eigenvalue weighted by Crippen LogP contribution is 2.23. The highest BCUT2D eigenvalue weighted by molar-refractivity contribution is 4.81. The molecule has 3 heteroatoms. The first kappa shape index (κ1) is 13.3. The fraction of sp³-hybridized carbons (Fsp3) is 1.00. The van der Waals surface area contributed by atoms with Gasteiger partial charge in [-0.15, -0.1) is 0 Å². The van der Waals surface area contributed by atoms with E-state index in [-0.39, 0.29) is 6.10 Å². The van der Waals surface area contributed by atoms with Crippen LogP contribution < -0.4 is 0 Å². The van der Waals surface area contributed by atoms with Crippen LogP contribution in [0, 0.1) is 5.92 Å². The zero-order valence-corrected chi connectivity index (χ0v) is 11.1. The van der Waals surface area contributed by atoms with Crippen LogP contribution in [-0.4, -0.2) is 48.5 Å². The Balaban J connectivity index is 1.89. The fourth-order valence-corrected chi connectivity index (χ4v) is 3.20. The number of nitrogens with zero attached hydrogens (tertiary/aromatic N) is 1. The molecule has 0 aromatic heterocycles. The van der Waals surface area contributed by atoms with Crippen molar-refractivity contribution in [2.75, 3.05) is 26.3 Å². The summed E-state index contributed by atoms with van der Waals surface area (Å²) in [5.74, 6) is 0.330. The highest BCUT2D eigenvalue weighted by Gasteiger charge is 2.28. The molecule has 2 saturated heterocycles. The lowest BCUT2D eigenvalue weighted by atomic mass is 9.96. The molecule has 0 saturated carbocycles. The summed E-state index contributed by atoms with van der Waals surface area (Å²) < 4.78 is 5.51. The molecule has 3 atom stereocenters. The molecule has 2 heterocycles. The summed E-state index contributed by atoms with van der Waals surface area (Å²) in [6, 6.07) is 0.728. The summed E-state index contributed by atoms with van der Waals surface area (Å²) >= 11 is 0. The van der Waals surface area contributed by atoms with Crippen LogP contribution in [0.15, 0.2) is 0 Å². The average molecular weight is 241 g/mol. The molecule has 2 fully saturated rings. The third kappa shape index (κ3) is 3.67. The van der Waals surface area contributed by atoms with E-state index in [1.807, 2.05) is 0 Å². The van der Waals surface area contributed by atoms with Crippen LogP contribution in [0.2, 0.25) is 0 Å². The fourth-order valence-electron chi connectivity index (χ4n) is 3.20. The molecule has 2 aliphatic rings. The van der Waals surface area contributed by atoms with Gasteiger partial charge in [0.2, 0.25) is 0 Å². The van der Waals surface area contributed by atoms with Crippen molar-refractivity contribution in [2.45, 2.75) is 57.6 Å². The quantitative estimate of drug-likeness (QED) is 0.821. The molecular weight excluding hydrogens is 214 g/mol. The van der Waals surface area contributed by atoms with Crippen molar-refractivity contribution in [3.63, 3.8) is 0 Å². The Bertz CT molecular complexity index is 222. The van der Waals surface area contributed by atoms with E-state index < -0.39 is 0 Å². The standard InChI is InChI=1S/C14H27NO2/c1-2-13-6-4-3-5-8-15(13)10-12-11-17-9-7-14(12)16/h12-14,16H,2-11H2,1H3. The SMILES string of the molecule is CCC1CCCCCN1CC1COCCC1O. The van der Waals surface area contributed by atoms with Crippen LogP contribution in [0.4, 0.5) is 0 Å². The molecule has 0 aromatic carbocycles. The maximum Gasteiger partial charge on any atom is 0.0624 e. The average Bonchev–Trinajstić information content (AvgIpc) is 2.57. The lowest BCUT2D eigenvalue weighted by Gasteiger charge is -2.36. The number of ether oxygens (including phenoxy) is 1. The minimum Gasteiger partial charge on any atom is -0.393 e. The number of aliphatic hydroxyl groups excluding tert-OH is 1. The van der Waals surface area contributed by atoms with Gasteiger partial charge < -0.3 is 9.84 Å². The van der Waals surface area contributed by atoms with Gasteiger partial charge in [-0.05, 0) is 32.2 Å². The number of hydrogen-bond donors (Lipinski definition) is 1. The number of hydrogen-bond acceptors (Lipinski definition) is 3. The highest BCUT2D eigenvalue weighted by atomic mass is 16.5. The molecule has 0 bridgehead atoms. The first-order valence-electron chi connectivity index (χ1n) is 7.31. The van der Waals surface area contributed by atoms with Crippen LogP contribution in [0.5, 0.6) is 0 Å². The second-order valence-corrected chi connectivity index (χ2v) is 5.60. The Morgan fingerprint density at radius 1 is 1.24 bits per heavy atom. The molecule has 17 heavy (non-hydrogen) atoms. The maximum atomic E-state index is 10.0. The summed E-state index contributed by atoms with van der Waals surface area (Å²) in [5, 5.41) is 10.0. The van der Waals surface area contributed by atoms with E-state index in [4.69, 9.17) is 4.74 Å².